The highest BCUT2D eigenvalue weighted by Gasteiger charge is 2.38. The Kier molecular flexibility index (Phi) is 13.4. The first kappa shape index (κ1) is 45.2. The van der Waals surface area contributed by atoms with Crippen molar-refractivity contribution in [2.24, 2.45) is 10.7 Å². The Balaban J connectivity index is 1.28. The van der Waals surface area contributed by atoms with Crippen LogP contribution in [0.5, 0.6) is 5.75 Å². The number of hydrogen-bond donors (Lipinski definition) is 5. The predicted octanol–water partition coefficient (Wildman–Crippen LogP) is 5.52. The molecule has 0 saturated carbocycles. The summed E-state index contributed by atoms with van der Waals surface area (Å²) in [5.41, 5.74) is 11.3. The number of aliphatic carboxylic acids is 1. The number of rotatable bonds is 14. The number of benzene rings is 3. The number of sulfonamides is 1. The summed E-state index contributed by atoms with van der Waals surface area (Å²) in [7, 11) is -4.18. The van der Waals surface area contributed by atoms with Gasteiger partial charge < -0.3 is 40.4 Å². The summed E-state index contributed by atoms with van der Waals surface area (Å²) in [6, 6.07) is 12.5. The highest BCUT2D eigenvalue weighted by atomic mass is 32.2. The minimum Gasteiger partial charge on any atom is -0.487 e. The van der Waals surface area contributed by atoms with Crippen LogP contribution in [0.15, 0.2) is 58.4 Å². The number of alkyl carbamates (subject to hydrolysis) is 2. The lowest BCUT2D eigenvalue weighted by Crippen LogP contribution is -2.52. The Labute approximate surface area is 350 Å². The molecule has 0 saturated heterocycles. The molecule has 17 heteroatoms. The van der Waals surface area contributed by atoms with E-state index in [2.05, 4.69) is 20.3 Å². The second kappa shape index (κ2) is 17.8. The third kappa shape index (κ3) is 10.5. The van der Waals surface area contributed by atoms with Crippen LogP contribution in [0.2, 0.25) is 0 Å². The average molecular weight is 850 g/mol. The van der Waals surface area contributed by atoms with Crippen molar-refractivity contribution in [3.05, 3.63) is 81.9 Å². The van der Waals surface area contributed by atoms with Gasteiger partial charge in [0, 0.05) is 24.4 Å². The van der Waals surface area contributed by atoms with Gasteiger partial charge in [-0.3, -0.25) is 4.99 Å². The van der Waals surface area contributed by atoms with Crippen molar-refractivity contribution in [2.75, 3.05) is 13.2 Å². The fourth-order valence-electron chi connectivity index (χ4n) is 7.54. The van der Waals surface area contributed by atoms with E-state index in [9.17, 15) is 32.7 Å². The topological polar surface area (TPSA) is 234 Å². The smallest absolute Gasteiger partial charge is 0.408 e. The Hall–Kier alpha value is -5.84. The van der Waals surface area contributed by atoms with Gasteiger partial charge in [0.2, 0.25) is 5.96 Å². The van der Waals surface area contributed by atoms with Crippen molar-refractivity contribution in [1.82, 2.24) is 15.4 Å². The van der Waals surface area contributed by atoms with Gasteiger partial charge in [-0.1, -0.05) is 48.5 Å². The highest BCUT2D eigenvalue weighted by molar-refractivity contribution is 7.90. The number of guanidine groups is 1. The molecule has 16 nitrogen and oxygen atoms in total. The zero-order valence-corrected chi connectivity index (χ0v) is 36.2. The Morgan fingerprint density at radius 2 is 1.55 bits per heavy atom. The molecule has 0 radical (unpaired) electrons. The van der Waals surface area contributed by atoms with E-state index in [1.54, 1.807) is 34.6 Å². The van der Waals surface area contributed by atoms with Crippen LogP contribution in [0.4, 0.5) is 9.59 Å². The number of carbonyl (C=O) groups is 4. The van der Waals surface area contributed by atoms with Gasteiger partial charge in [0.1, 0.15) is 35.7 Å². The molecular formula is C43H55N5O11S. The largest absolute Gasteiger partial charge is 0.487 e. The molecular weight excluding hydrogens is 795 g/mol. The molecule has 0 bridgehead atoms. The van der Waals surface area contributed by atoms with E-state index in [-0.39, 0.29) is 36.8 Å². The fraction of sp³-hybridized carbons (Fsp3) is 0.465. The number of hydrogen-bond acceptors (Lipinski definition) is 11. The highest BCUT2D eigenvalue weighted by Crippen LogP contribution is 2.45. The maximum absolute atomic E-state index is 13.7. The Bertz CT molecular complexity index is 2260. The number of nitrogens with two attached hydrogens (primary N) is 1. The van der Waals surface area contributed by atoms with Crippen LogP contribution >= 0.6 is 0 Å². The van der Waals surface area contributed by atoms with Crippen LogP contribution in [-0.4, -0.2) is 86.2 Å². The molecule has 1 aliphatic carbocycles. The SMILES string of the molecule is Cc1c(C)c(S(=O)(=O)NC(N)=NCCC[C@H](NC(=O)OCC2c3ccccc3-c3ccccc32)C(=O)O[C@H](C)[C@H](NC(=O)OC(C)(C)C)C(=O)O)c(C)c2c1OC(C)(C)C2. The molecule has 1 aliphatic heterocycles. The van der Waals surface area contributed by atoms with Crippen LogP contribution < -0.4 is 25.8 Å². The van der Waals surface area contributed by atoms with E-state index in [1.807, 2.05) is 69.3 Å². The van der Waals surface area contributed by atoms with E-state index < -0.39 is 69.5 Å². The molecule has 6 N–H and O–H groups in total. The molecule has 5 rings (SSSR count). The number of fused-ring (bicyclic) bond motifs is 4. The Morgan fingerprint density at radius 1 is 0.950 bits per heavy atom. The van der Waals surface area contributed by atoms with Gasteiger partial charge in [0.05, 0.1) is 4.90 Å². The quantitative estimate of drug-likeness (QED) is 0.0444. The number of amides is 2. The third-order valence-electron chi connectivity index (χ3n) is 10.4. The van der Waals surface area contributed by atoms with Crippen molar-refractivity contribution in [3.63, 3.8) is 0 Å². The molecule has 2 aliphatic rings. The fourth-order valence-corrected chi connectivity index (χ4v) is 9.07. The molecule has 3 aromatic rings. The number of nitrogens with zero attached hydrogens (tertiary/aromatic N) is 1. The lowest BCUT2D eigenvalue weighted by atomic mass is 9.94. The van der Waals surface area contributed by atoms with Gasteiger partial charge in [-0.25, -0.2) is 32.3 Å². The number of esters is 1. The van der Waals surface area contributed by atoms with Gasteiger partial charge in [-0.05, 0) is 114 Å². The van der Waals surface area contributed by atoms with Crippen LogP contribution in [0.3, 0.4) is 0 Å². The molecule has 3 aromatic carbocycles. The van der Waals surface area contributed by atoms with Gasteiger partial charge in [0.25, 0.3) is 10.0 Å². The number of ether oxygens (including phenoxy) is 4. The second-order valence-electron chi connectivity index (χ2n) is 16.7. The second-order valence-corrected chi connectivity index (χ2v) is 18.3. The molecule has 0 spiro atoms. The molecule has 60 heavy (non-hydrogen) atoms. The van der Waals surface area contributed by atoms with Crippen LogP contribution in [0.25, 0.3) is 11.1 Å². The maximum Gasteiger partial charge on any atom is 0.408 e. The first-order valence-corrected chi connectivity index (χ1v) is 21.2. The number of carboxylic acid groups (broad SMARTS) is 1. The summed E-state index contributed by atoms with van der Waals surface area (Å²) in [5, 5.41) is 14.6. The Morgan fingerprint density at radius 3 is 2.13 bits per heavy atom. The van der Waals surface area contributed by atoms with Crippen molar-refractivity contribution in [1.29, 1.82) is 0 Å². The van der Waals surface area contributed by atoms with Crippen LogP contribution in [-0.2, 0) is 40.2 Å². The molecule has 324 valence electrons. The lowest BCUT2D eigenvalue weighted by Gasteiger charge is -2.26. The van der Waals surface area contributed by atoms with Crippen molar-refractivity contribution in [2.45, 2.75) is 122 Å². The van der Waals surface area contributed by atoms with Crippen molar-refractivity contribution >= 4 is 40.1 Å². The molecule has 2 amide bonds. The summed E-state index contributed by atoms with van der Waals surface area (Å²) >= 11 is 0. The average Bonchev–Trinajstić information content (AvgIpc) is 3.65. The molecule has 3 atom stereocenters. The van der Waals surface area contributed by atoms with Crippen molar-refractivity contribution in [3.8, 4) is 16.9 Å². The number of carboxylic acids is 1. The van der Waals surface area contributed by atoms with E-state index in [1.165, 1.54) is 6.92 Å². The lowest BCUT2D eigenvalue weighted by molar-refractivity contribution is -0.156. The van der Waals surface area contributed by atoms with E-state index in [0.29, 0.717) is 28.9 Å². The summed E-state index contributed by atoms with van der Waals surface area (Å²) < 4.78 is 52.1. The normalized spacial score (nSPS) is 15.9. The molecule has 0 fully saturated rings. The van der Waals surface area contributed by atoms with E-state index in [4.69, 9.17) is 24.7 Å². The van der Waals surface area contributed by atoms with Gasteiger partial charge in [-0.2, -0.15) is 0 Å². The van der Waals surface area contributed by atoms with Crippen LogP contribution in [0, 0.1) is 20.8 Å². The monoisotopic (exact) mass is 849 g/mol. The number of nitrogens with one attached hydrogen (secondary N) is 3. The third-order valence-corrected chi connectivity index (χ3v) is 12.0. The van der Waals surface area contributed by atoms with E-state index in [0.717, 1.165) is 27.8 Å². The minimum atomic E-state index is -4.18. The zero-order chi connectivity index (χ0) is 44.3. The molecule has 0 aromatic heterocycles. The summed E-state index contributed by atoms with van der Waals surface area (Å²) in [5.74, 6) is -2.48. The maximum atomic E-state index is 13.7. The first-order valence-electron chi connectivity index (χ1n) is 19.7. The van der Waals surface area contributed by atoms with Gasteiger partial charge >= 0.3 is 24.1 Å². The molecule has 0 unspecified atom stereocenters. The summed E-state index contributed by atoms with van der Waals surface area (Å²) in [4.78, 5) is 55.7. The van der Waals surface area contributed by atoms with Crippen molar-refractivity contribution < 1.29 is 51.6 Å². The van der Waals surface area contributed by atoms with Gasteiger partial charge in [-0.15, -0.1) is 0 Å². The van der Waals surface area contributed by atoms with Gasteiger partial charge in [0.15, 0.2) is 6.04 Å². The summed E-state index contributed by atoms with van der Waals surface area (Å²) in [6.07, 6.45) is -2.87. The van der Waals surface area contributed by atoms with E-state index >= 15 is 0 Å². The predicted molar refractivity (Wildman–Crippen MR) is 223 cm³/mol. The zero-order valence-electron chi connectivity index (χ0n) is 35.4. The number of carbonyl (C=O) groups excluding carboxylic acids is 3. The number of aliphatic imine (C=N–C) groups is 1. The molecule has 1 heterocycles. The standard InChI is InChI=1S/C43H55N5O11S/c1-23-24(2)36(25(3)31-21-43(8,9)58-35(23)31)60(54,55)48-39(44)45-20-14-19-33(38(51)57-26(4)34(37(49)50)47-41(53)59-42(5,6)7)46-40(52)56-22-32-29-17-12-10-15-27(29)28-16-11-13-18-30(28)32/h10-13,15-18,26,32-34H,14,19-22H2,1-9H3,(H,46,52)(H,47,53)(H,49,50)(H3,44,45,48)/t26-,33+,34+/m1/s1. The summed E-state index contributed by atoms with van der Waals surface area (Å²) in [6.45, 7) is 15.1. The minimum absolute atomic E-state index is 0.0482. The first-order chi connectivity index (χ1) is 28.0. The van der Waals surface area contributed by atoms with Crippen LogP contribution in [0.1, 0.15) is 93.7 Å².